The highest BCUT2D eigenvalue weighted by atomic mass is 16.5. The lowest BCUT2D eigenvalue weighted by Gasteiger charge is -2.28. The van der Waals surface area contributed by atoms with Gasteiger partial charge in [0.25, 0.3) is 0 Å². The molecule has 1 heterocycles. The molecule has 0 saturated heterocycles. The summed E-state index contributed by atoms with van der Waals surface area (Å²) in [6, 6.07) is 11.1. The van der Waals surface area contributed by atoms with E-state index >= 15 is 0 Å². The molecule has 0 radical (unpaired) electrons. The molecule has 4 nitrogen and oxygen atoms in total. The second-order valence-corrected chi connectivity index (χ2v) is 6.87. The first kappa shape index (κ1) is 17.8. The van der Waals surface area contributed by atoms with Crippen LogP contribution in [0.2, 0.25) is 0 Å². The summed E-state index contributed by atoms with van der Waals surface area (Å²) in [5, 5.41) is 10.7. The summed E-state index contributed by atoms with van der Waals surface area (Å²) in [6.07, 6.45) is 5.37. The molecule has 26 heavy (non-hydrogen) atoms. The van der Waals surface area contributed by atoms with Gasteiger partial charge in [-0.15, -0.1) is 0 Å². The van der Waals surface area contributed by atoms with Crippen LogP contribution in [0.5, 0.6) is 11.5 Å². The fraction of sp³-hybridized carbons (Fsp3) is 0.227. The SMILES string of the molecule is COC(=O)C(=Cc1ccc2c(c1O)C=CC(C)(C)O2)c1ccc(C)cc1. The van der Waals surface area contributed by atoms with Crippen molar-refractivity contribution in [2.24, 2.45) is 0 Å². The lowest BCUT2D eigenvalue weighted by molar-refractivity contribution is -0.133. The number of hydrogen-bond acceptors (Lipinski definition) is 4. The Kier molecular flexibility index (Phi) is 4.60. The van der Waals surface area contributed by atoms with Gasteiger partial charge in [-0.25, -0.2) is 4.79 Å². The van der Waals surface area contributed by atoms with Crippen molar-refractivity contribution in [1.82, 2.24) is 0 Å². The number of phenolic OH excluding ortho intramolecular Hbond substituents is 1. The van der Waals surface area contributed by atoms with Gasteiger partial charge in [-0.3, -0.25) is 0 Å². The molecular formula is C22H22O4. The standard InChI is InChI=1S/C22H22O4/c1-14-5-7-15(8-6-14)18(21(24)25-4)13-16-9-10-19-17(20(16)23)11-12-22(2,3)26-19/h5-13,23H,1-4H3. The lowest BCUT2D eigenvalue weighted by Crippen LogP contribution is -2.27. The van der Waals surface area contributed by atoms with Gasteiger partial charge in [0.1, 0.15) is 17.1 Å². The number of carbonyl (C=O) groups is 1. The summed E-state index contributed by atoms with van der Waals surface area (Å²) >= 11 is 0. The Morgan fingerprint density at radius 1 is 1.15 bits per heavy atom. The zero-order valence-electron chi connectivity index (χ0n) is 15.4. The van der Waals surface area contributed by atoms with Crippen LogP contribution >= 0.6 is 0 Å². The number of esters is 1. The van der Waals surface area contributed by atoms with Crippen LogP contribution in [-0.4, -0.2) is 23.8 Å². The fourth-order valence-electron chi connectivity index (χ4n) is 2.83. The largest absolute Gasteiger partial charge is 0.507 e. The van der Waals surface area contributed by atoms with Gasteiger partial charge in [-0.1, -0.05) is 29.8 Å². The molecule has 0 aliphatic carbocycles. The zero-order valence-corrected chi connectivity index (χ0v) is 15.4. The molecule has 0 bridgehead atoms. The highest BCUT2D eigenvalue weighted by molar-refractivity contribution is 6.21. The molecule has 4 heteroatoms. The van der Waals surface area contributed by atoms with E-state index in [0.717, 1.165) is 11.1 Å². The Balaban J connectivity index is 2.09. The van der Waals surface area contributed by atoms with Crippen LogP contribution in [0.15, 0.2) is 42.5 Å². The molecule has 0 amide bonds. The molecular weight excluding hydrogens is 328 g/mol. The number of fused-ring (bicyclic) bond motifs is 1. The van der Waals surface area contributed by atoms with Gasteiger partial charge in [0.05, 0.1) is 18.2 Å². The van der Waals surface area contributed by atoms with E-state index in [1.54, 1.807) is 18.2 Å². The Hall–Kier alpha value is -3.01. The van der Waals surface area contributed by atoms with Gasteiger partial charge >= 0.3 is 5.97 Å². The summed E-state index contributed by atoms with van der Waals surface area (Å²) in [4.78, 5) is 12.3. The van der Waals surface area contributed by atoms with Crippen molar-refractivity contribution < 1.29 is 19.4 Å². The Morgan fingerprint density at radius 3 is 2.50 bits per heavy atom. The summed E-state index contributed by atoms with van der Waals surface area (Å²) in [6.45, 7) is 5.88. The number of rotatable bonds is 3. The Morgan fingerprint density at radius 2 is 1.85 bits per heavy atom. The van der Waals surface area contributed by atoms with Crippen LogP contribution in [0.3, 0.4) is 0 Å². The van der Waals surface area contributed by atoms with Gasteiger partial charge in [-0.05, 0) is 56.7 Å². The Labute approximate surface area is 153 Å². The van der Waals surface area contributed by atoms with Crippen LogP contribution in [0.4, 0.5) is 0 Å². The lowest BCUT2D eigenvalue weighted by atomic mass is 9.97. The maximum atomic E-state index is 12.3. The minimum absolute atomic E-state index is 0.0720. The van der Waals surface area contributed by atoms with E-state index < -0.39 is 11.6 Å². The number of carbonyl (C=O) groups excluding carboxylic acids is 1. The summed E-state index contributed by atoms with van der Waals surface area (Å²) in [5.41, 5.74) is 2.91. The third-order valence-corrected chi connectivity index (χ3v) is 4.30. The summed E-state index contributed by atoms with van der Waals surface area (Å²) in [5.74, 6) is 0.226. The molecule has 1 aliphatic heterocycles. The second-order valence-electron chi connectivity index (χ2n) is 6.87. The van der Waals surface area contributed by atoms with Crippen molar-refractivity contribution in [3.8, 4) is 11.5 Å². The predicted octanol–water partition coefficient (Wildman–Crippen LogP) is 4.60. The van der Waals surface area contributed by atoms with E-state index in [2.05, 4.69) is 0 Å². The van der Waals surface area contributed by atoms with Crippen molar-refractivity contribution >= 4 is 23.7 Å². The quantitative estimate of drug-likeness (QED) is 0.499. The van der Waals surface area contributed by atoms with Crippen LogP contribution in [-0.2, 0) is 9.53 Å². The highest BCUT2D eigenvalue weighted by Gasteiger charge is 2.24. The maximum Gasteiger partial charge on any atom is 0.338 e. The molecule has 1 aliphatic rings. The van der Waals surface area contributed by atoms with Crippen molar-refractivity contribution in [3.63, 3.8) is 0 Å². The number of phenols is 1. The van der Waals surface area contributed by atoms with Crippen LogP contribution < -0.4 is 4.74 Å². The van der Waals surface area contributed by atoms with Crippen molar-refractivity contribution in [1.29, 1.82) is 0 Å². The van der Waals surface area contributed by atoms with Crippen molar-refractivity contribution in [2.75, 3.05) is 7.11 Å². The maximum absolute atomic E-state index is 12.3. The fourth-order valence-corrected chi connectivity index (χ4v) is 2.83. The third-order valence-electron chi connectivity index (χ3n) is 4.30. The summed E-state index contributed by atoms with van der Waals surface area (Å²) < 4.78 is 10.8. The minimum Gasteiger partial charge on any atom is -0.507 e. The van der Waals surface area contributed by atoms with E-state index in [9.17, 15) is 9.90 Å². The number of hydrogen-bond donors (Lipinski definition) is 1. The third kappa shape index (κ3) is 3.49. The molecule has 2 aromatic carbocycles. The Bertz CT molecular complexity index is 902. The molecule has 3 rings (SSSR count). The van der Waals surface area contributed by atoms with Gasteiger partial charge in [0.2, 0.25) is 0 Å². The number of aryl methyl sites for hydroxylation is 1. The molecule has 0 fully saturated rings. The van der Waals surface area contributed by atoms with E-state index in [1.165, 1.54) is 7.11 Å². The topological polar surface area (TPSA) is 55.8 Å². The van der Waals surface area contributed by atoms with Gasteiger partial charge in [-0.2, -0.15) is 0 Å². The number of methoxy groups -OCH3 is 1. The highest BCUT2D eigenvalue weighted by Crippen LogP contribution is 2.39. The molecule has 2 aromatic rings. The van der Waals surface area contributed by atoms with Crippen LogP contribution in [0.1, 0.15) is 36.1 Å². The molecule has 0 atom stereocenters. The average molecular weight is 350 g/mol. The van der Waals surface area contributed by atoms with E-state index in [0.29, 0.717) is 22.4 Å². The molecule has 0 spiro atoms. The monoisotopic (exact) mass is 350 g/mol. The van der Waals surface area contributed by atoms with Crippen molar-refractivity contribution in [2.45, 2.75) is 26.4 Å². The number of ether oxygens (including phenoxy) is 2. The molecule has 0 aromatic heterocycles. The van der Waals surface area contributed by atoms with Gasteiger partial charge in [0, 0.05) is 5.56 Å². The van der Waals surface area contributed by atoms with E-state index in [1.807, 2.05) is 57.2 Å². The average Bonchev–Trinajstić information content (AvgIpc) is 2.61. The summed E-state index contributed by atoms with van der Waals surface area (Å²) in [7, 11) is 1.34. The van der Waals surface area contributed by atoms with Gasteiger partial charge in [0.15, 0.2) is 0 Å². The predicted molar refractivity (Wildman–Crippen MR) is 103 cm³/mol. The molecule has 0 unspecified atom stereocenters. The van der Waals surface area contributed by atoms with Crippen molar-refractivity contribution in [3.05, 3.63) is 64.7 Å². The number of benzene rings is 2. The zero-order chi connectivity index (χ0) is 18.9. The first-order chi connectivity index (χ1) is 12.3. The first-order valence-electron chi connectivity index (χ1n) is 8.42. The molecule has 1 N–H and O–H groups in total. The molecule has 134 valence electrons. The van der Waals surface area contributed by atoms with E-state index in [4.69, 9.17) is 9.47 Å². The van der Waals surface area contributed by atoms with Crippen LogP contribution in [0, 0.1) is 6.92 Å². The number of aromatic hydroxyl groups is 1. The van der Waals surface area contributed by atoms with Crippen LogP contribution in [0.25, 0.3) is 17.7 Å². The second kappa shape index (κ2) is 6.71. The minimum atomic E-state index is -0.459. The normalized spacial score (nSPS) is 15.2. The van der Waals surface area contributed by atoms with Gasteiger partial charge < -0.3 is 14.6 Å². The van der Waals surface area contributed by atoms with E-state index in [-0.39, 0.29) is 5.75 Å². The first-order valence-corrected chi connectivity index (χ1v) is 8.42. The smallest absolute Gasteiger partial charge is 0.338 e. The molecule has 0 saturated carbocycles.